The Morgan fingerprint density at radius 1 is 1.22 bits per heavy atom. The van der Waals surface area contributed by atoms with E-state index in [9.17, 15) is 9.59 Å². The fourth-order valence-electron chi connectivity index (χ4n) is 2.07. The van der Waals surface area contributed by atoms with Gasteiger partial charge in [0.05, 0.1) is 11.6 Å². The molecule has 6 heteroatoms. The number of rotatable bonds is 6. The molecule has 0 aromatic heterocycles. The molecule has 1 atom stereocenters. The van der Waals surface area contributed by atoms with Gasteiger partial charge in [-0.25, -0.2) is 0 Å². The highest BCUT2D eigenvalue weighted by molar-refractivity contribution is 6.30. The van der Waals surface area contributed by atoms with Gasteiger partial charge in [0.1, 0.15) is 5.75 Å². The summed E-state index contributed by atoms with van der Waals surface area (Å²) in [5, 5.41) is 3.21. The van der Waals surface area contributed by atoms with Crippen molar-refractivity contribution in [2.24, 2.45) is 5.73 Å². The Bertz CT molecular complexity index is 704. The van der Waals surface area contributed by atoms with Crippen molar-refractivity contribution in [3.8, 4) is 5.75 Å². The summed E-state index contributed by atoms with van der Waals surface area (Å²) in [5.74, 6) is -0.765. The van der Waals surface area contributed by atoms with Gasteiger partial charge in [-0.15, -0.1) is 0 Å². The number of nitrogens with one attached hydrogen (secondary N) is 1. The molecule has 2 amide bonds. The van der Waals surface area contributed by atoms with Crippen LogP contribution < -0.4 is 15.8 Å². The van der Waals surface area contributed by atoms with Crippen LogP contribution in [-0.4, -0.2) is 18.4 Å². The summed E-state index contributed by atoms with van der Waals surface area (Å²) >= 11 is 5.87. The van der Waals surface area contributed by atoms with Crippen LogP contribution in [0.2, 0.25) is 5.02 Å². The van der Waals surface area contributed by atoms with E-state index in [4.69, 9.17) is 22.1 Å². The second-order valence-electron chi connectivity index (χ2n) is 4.99. The molecule has 2 aromatic carbocycles. The molecule has 3 N–H and O–H groups in total. The van der Waals surface area contributed by atoms with Crippen molar-refractivity contribution in [2.45, 2.75) is 13.0 Å². The van der Waals surface area contributed by atoms with Gasteiger partial charge in [-0.2, -0.15) is 0 Å². The van der Waals surface area contributed by atoms with Crippen LogP contribution in [0.25, 0.3) is 0 Å². The van der Waals surface area contributed by atoms with Crippen LogP contribution in [-0.2, 0) is 4.79 Å². The van der Waals surface area contributed by atoms with Crippen molar-refractivity contribution < 1.29 is 14.3 Å². The van der Waals surface area contributed by atoms with E-state index < -0.39 is 5.91 Å². The van der Waals surface area contributed by atoms with E-state index >= 15 is 0 Å². The third-order valence-electron chi connectivity index (χ3n) is 3.24. The predicted octanol–water partition coefficient (Wildman–Crippen LogP) is 2.70. The molecule has 2 aromatic rings. The number of hydrogen-bond donors (Lipinski definition) is 2. The molecular formula is C17H17ClN2O3. The van der Waals surface area contributed by atoms with Gasteiger partial charge in [-0.1, -0.05) is 41.9 Å². The van der Waals surface area contributed by atoms with Gasteiger partial charge in [-0.3, -0.25) is 9.59 Å². The minimum absolute atomic E-state index is 0.151. The largest absolute Gasteiger partial charge is 0.483 e. The maximum atomic E-state index is 12.0. The van der Waals surface area contributed by atoms with Gasteiger partial charge < -0.3 is 15.8 Å². The van der Waals surface area contributed by atoms with Crippen LogP contribution >= 0.6 is 11.6 Å². The summed E-state index contributed by atoms with van der Waals surface area (Å²) in [7, 11) is 0. The second kappa shape index (κ2) is 7.65. The summed E-state index contributed by atoms with van der Waals surface area (Å²) in [4.78, 5) is 23.3. The highest BCUT2D eigenvalue weighted by Gasteiger charge is 2.13. The first kappa shape index (κ1) is 16.8. The Morgan fingerprint density at radius 2 is 1.91 bits per heavy atom. The average molecular weight is 333 g/mol. The van der Waals surface area contributed by atoms with Crippen molar-refractivity contribution in [3.63, 3.8) is 0 Å². The summed E-state index contributed by atoms with van der Waals surface area (Å²) in [5.41, 5.74) is 6.43. The predicted molar refractivity (Wildman–Crippen MR) is 88.5 cm³/mol. The number of primary amides is 1. The number of amides is 2. The van der Waals surface area contributed by atoms with E-state index in [1.807, 2.05) is 37.3 Å². The minimum atomic E-state index is -0.644. The van der Waals surface area contributed by atoms with E-state index in [1.165, 1.54) is 18.2 Å². The molecule has 5 nitrogen and oxygen atoms in total. The Kier molecular flexibility index (Phi) is 5.60. The average Bonchev–Trinajstić information content (AvgIpc) is 2.53. The number of benzene rings is 2. The third-order valence-corrected chi connectivity index (χ3v) is 3.48. The second-order valence-corrected chi connectivity index (χ2v) is 5.43. The summed E-state index contributed by atoms with van der Waals surface area (Å²) < 4.78 is 5.38. The van der Waals surface area contributed by atoms with Crippen LogP contribution in [0.3, 0.4) is 0 Å². The first-order valence-electron chi connectivity index (χ1n) is 7.04. The number of carbonyl (C=O) groups is 2. The number of ether oxygens (including phenoxy) is 1. The summed E-state index contributed by atoms with van der Waals surface area (Å²) in [6.45, 7) is 1.64. The fraction of sp³-hybridized carbons (Fsp3) is 0.176. The van der Waals surface area contributed by atoms with Crippen LogP contribution in [0.15, 0.2) is 48.5 Å². The molecule has 0 fully saturated rings. The minimum Gasteiger partial charge on any atom is -0.483 e. The SMILES string of the molecule is CC(NC(=O)COc1cc(Cl)ccc1C(N)=O)c1ccccc1. The molecule has 1 unspecified atom stereocenters. The van der Waals surface area contributed by atoms with Crippen molar-refractivity contribution >= 4 is 23.4 Å². The Hall–Kier alpha value is -2.53. The number of hydrogen-bond acceptors (Lipinski definition) is 3. The van der Waals surface area contributed by atoms with E-state index in [0.29, 0.717) is 5.02 Å². The molecule has 0 aliphatic heterocycles. The van der Waals surface area contributed by atoms with Gasteiger partial charge in [-0.05, 0) is 30.7 Å². The van der Waals surface area contributed by atoms with E-state index in [0.717, 1.165) is 5.56 Å². The molecule has 120 valence electrons. The molecule has 0 spiro atoms. The smallest absolute Gasteiger partial charge is 0.258 e. The number of halogens is 1. The van der Waals surface area contributed by atoms with E-state index in [1.54, 1.807) is 0 Å². The highest BCUT2D eigenvalue weighted by atomic mass is 35.5. The maximum absolute atomic E-state index is 12.0. The lowest BCUT2D eigenvalue weighted by Crippen LogP contribution is -2.31. The molecule has 0 radical (unpaired) electrons. The van der Waals surface area contributed by atoms with Crippen LogP contribution in [0.1, 0.15) is 28.9 Å². The summed E-state index contributed by atoms with van der Waals surface area (Å²) in [6, 6.07) is 13.9. The van der Waals surface area contributed by atoms with Crippen LogP contribution in [0.4, 0.5) is 0 Å². The standard InChI is InChI=1S/C17H17ClN2O3/c1-11(12-5-3-2-4-6-12)20-16(21)10-23-15-9-13(18)7-8-14(15)17(19)22/h2-9,11H,10H2,1H3,(H2,19,22)(H,20,21). The third kappa shape index (κ3) is 4.72. The number of nitrogens with two attached hydrogens (primary N) is 1. The van der Waals surface area contributed by atoms with Gasteiger partial charge in [0.15, 0.2) is 6.61 Å². The molecule has 0 aliphatic carbocycles. The van der Waals surface area contributed by atoms with E-state index in [-0.39, 0.29) is 29.9 Å². The number of carbonyl (C=O) groups excluding carboxylic acids is 2. The maximum Gasteiger partial charge on any atom is 0.258 e. The van der Waals surface area contributed by atoms with Gasteiger partial charge >= 0.3 is 0 Å². The van der Waals surface area contributed by atoms with Crippen LogP contribution in [0.5, 0.6) is 5.75 Å². The summed E-state index contributed by atoms with van der Waals surface area (Å²) in [6.07, 6.45) is 0. The van der Waals surface area contributed by atoms with Crippen LogP contribution in [0, 0.1) is 0 Å². The molecule has 0 saturated carbocycles. The molecular weight excluding hydrogens is 316 g/mol. The normalized spacial score (nSPS) is 11.6. The van der Waals surface area contributed by atoms with Crippen molar-refractivity contribution in [3.05, 3.63) is 64.7 Å². The topological polar surface area (TPSA) is 81.4 Å². The van der Waals surface area contributed by atoms with Gasteiger partial charge in [0.2, 0.25) is 0 Å². The zero-order chi connectivity index (χ0) is 16.8. The highest BCUT2D eigenvalue weighted by Crippen LogP contribution is 2.23. The molecule has 0 bridgehead atoms. The lowest BCUT2D eigenvalue weighted by molar-refractivity contribution is -0.123. The fourth-order valence-corrected chi connectivity index (χ4v) is 2.23. The Labute approximate surface area is 139 Å². The first-order valence-corrected chi connectivity index (χ1v) is 7.41. The zero-order valence-electron chi connectivity index (χ0n) is 12.6. The molecule has 2 rings (SSSR count). The molecule has 0 heterocycles. The molecule has 0 aliphatic rings. The van der Waals surface area contributed by atoms with Crippen molar-refractivity contribution in [1.82, 2.24) is 5.32 Å². The first-order chi connectivity index (χ1) is 11.0. The molecule has 0 saturated heterocycles. The lowest BCUT2D eigenvalue weighted by Gasteiger charge is -2.15. The van der Waals surface area contributed by atoms with Gasteiger partial charge in [0, 0.05) is 5.02 Å². The zero-order valence-corrected chi connectivity index (χ0v) is 13.3. The lowest BCUT2D eigenvalue weighted by atomic mass is 10.1. The molecule has 23 heavy (non-hydrogen) atoms. The van der Waals surface area contributed by atoms with Crippen molar-refractivity contribution in [2.75, 3.05) is 6.61 Å². The quantitative estimate of drug-likeness (QED) is 0.853. The Balaban J connectivity index is 1.97. The van der Waals surface area contributed by atoms with Gasteiger partial charge in [0.25, 0.3) is 11.8 Å². The Morgan fingerprint density at radius 3 is 2.57 bits per heavy atom. The monoisotopic (exact) mass is 332 g/mol. The van der Waals surface area contributed by atoms with E-state index in [2.05, 4.69) is 5.32 Å². The van der Waals surface area contributed by atoms with Crippen molar-refractivity contribution in [1.29, 1.82) is 0 Å².